The lowest BCUT2D eigenvalue weighted by atomic mass is 10.2. The fraction of sp³-hybridized carbons (Fsp3) is 0.636. The van der Waals surface area contributed by atoms with E-state index < -0.39 is 0 Å². The van der Waals surface area contributed by atoms with Crippen LogP contribution in [0.3, 0.4) is 0 Å². The van der Waals surface area contributed by atoms with Crippen molar-refractivity contribution in [2.75, 3.05) is 26.7 Å². The summed E-state index contributed by atoms with van der Waals surface area (Å²) in [5.74, 6) is 0.307. The third kappa shape index (κ3) is 4.86. The molecule has 0 aliphatic heterocycles. The van der Waals surface area contributed by atoms with Gasteiger partial charge in [0.2, 0.25) is 0 Å². The van der Waals surface area contributed by atoms with Crippen LogP contribution < -0.4 is 5.32 Å². The van der Waals surface area contributed by atoms with Gasteiger partial charge in [0.15, 0.2) is 0 Å². The van der Waals surface area contributed by atoms with Gasteiger partial charge in [0.1, 0.15) is 0 Å². The normalized spacial score (nSPS) is 12.2. The molecule has 17 heavy (non-hydrogen) atoms. The van der Waals surface area contributed by atoms with Crippen molar-refractivity contribution in [3.63, 3.8) is 0 Å². The van der Waals surface area contributed by atoms with Gasteiger partial charge in [-0.1, -0.05) is 6.92 Å². The van der Waals surface area contributed by atoms with E-state index in [-0.39, 0.29) is 12.6 Å². The molecular weight excluding hydrogens is 220 g/mol. The number of nitrogens with zero attached hydrogens (tertiary/aromatic N) is 3. The van der Waals surface area contributed by atoms with E-state index in [4.69, 9.17) is 5.11 Å². The van der Waals surface area contributed by atoms with Crippen LogP contribution in [0.5, 0.6) is 0 Å². The maximum Gasteiger partial charge on any atom is 0.317 e. The number of amides is 2. The molecule has 0 fully saturated rings. The number of aromatic nitrogens is 2. The van der Waals surface area contributed by atoms with Crippen molar-refractivity contribution in [1.29, 1.82) is 0 Å². The molecule has 0 radical (unpaired) electrons. The Bertz CT molecular complexity index is 326. The Hall–Kier alpha value is -1.56. The van der Waals surface area contributed by atoms with Gasteiger partial charge in [0, 0.05) is 39.1 Å². The minimum Gasteiger partial charge on any atom is -0.395 e. The summed E-state index contributed by atoms with van der Waals surface area (Å²) in [5, 5.41) is 15.6. The molecule has 1 rings (SSSR count). The van der Waals surface area contributed by atoms with E-state index >= 15 is 0 Å². The van der Waals surface area contributed by atoms with Crippen LogP contribution in [0.2, 0.25) is 0 Å². The van der Waals surface area contributed by atoms with Gasteiger partial charge >= 0.3 is 6.03 Å². The number of aliphatic hydroxyl groups excluding tert-OH is 1. The molecule has 6 heteroatoms. The van der Waals surface area contributed by atoms with Crippen LogP contribution in [0, 0.1) is 5.92 Å². The summed E-state index contributed by atoms with van der Waals surface area (Å²) in [4.78, 5) is 13.0. The van der Waals surface area contributed by atoms with E-state index in [0.29, 0.717) is 19.0 Å². The number of carbonyl (C=O) groups is 1. The Morgan fingerprint density at radius 1 is 1.65 bits per heavy atom. The van der Waals surface area contributed by atoms with Crippen molar-refractivity contribution in [3.8, 4) is 0 Å². The average molecular weight is 240 g/mol. The summed E-state index contributed by atoms with van der Waals surface area (Å²) in [6.45, 7) is 3.74. The van der Waals surface area contributed by atoms with Gasteiger partial charge in [-0.15, -0.1) is 0 Å². The molecule has 1 aromatic rings. The highest BCUT2D eigenvalue weighted by atomic mass is 16.3. The number of hydrogen-bond donors (Lipinski definition) is 2. The molecule has 1 atom stereocenters. The molecular formula is C11H20N4O2. The lowest BCUT2D eigenvalue weighted by molar-refractivity contribution is 0.188. The van der Waals surface area contributed by atoms with Gasteiger partial charge in [-0.05, 0) is 12.0 Å². The van der Waals surface area contributed by atoms with Crippen LogP contribution in [-0.2, 0) is 6.54 Å². The number of rotatable bonds is 6. The van der Waals surface area contributed by atoms with Crippen molar-refractivity contribution < 1.29 is 9.90 Å². The Morgan fingerprint density at radius 2 is 2.41 bits per heavy atom. The zero-order chi connectivity index (χ0) is 12.7. The number of hydrogen-bond acceptors (Lipinski definition) is 3. The Morgan fingerprint density at radius 3 is 3.00 bits per heavy atom. The van der Waals surface area contributed by atoms with Crippen molar-refractivity contribution in [1.82, 2.24) is 20.0 Å². The molecule has 0 saturated heterocycles. The molecule has 0 aliphatic carbocycles. The van der Waals surface area contributed by atoms with E-state index in [1.165, 1.54) is 4.90 Å². The number of urea groups is 1. The first-order chi connectivity index (χ1) is 8.13. The highest BCUT2D eigenvalue weighted by Crippen LogP contribution is 1.98. The monoisotopic (exact) mass is 240 g/mol. The second-order valence-electron chi connectivity index (χ2n) is 4.16. The lowest BCUT2D eigenvalue weighted by Gasteiger charge is -2.18. The smallest absolute Gasteiger partial charge is 0.317 e. The second kappa shape index (κ2) is 6.90. The number of carbonyl (C=O) groups excluding carboxylic acids is 1. The van der Waals surface area contributed by atoms with Crippen LogP contribution in [0.4, 0.5) is 4.79 Å². The molecule has 0 bridgehead atoms. The molecule has 0 aliphatic rings. The summed E-state index contributed by atoms with van der Waals surface area (Å²) >= 11 is 0. The Kier molecular flexibility index (Phi) is 5.48. The van der Waals surface area contributed by atoms with E-state index in [1.807, 2.05) is 23.9 Å². The van der Waals surface area contributed by atoms with Gasteiger partial charge in [0.25, 0.3) is 0 Å². The number of likely N-dealkylation sites (N-methyl/N-ethyl adjacent to an activating group) is 1. The van der Waals surface area contributed by atoms with Crippen LogP contribution >= 0.6 is 0 Å². The number of aliphatic hydroxyl groups is 1. The minimum absolute atomic E-state index is 0.0211. The second-order valence-corrected chi connectivity index (χ2v) is 4.16. The minimum atomic E-state index is -0.161. The Balaban J connectivity index is 2.23. The van der Waals surface area contributed by atoms with Gasteiger partial charge in [-0.3, -0.25) is 4.68 Å². The molecule has 0 saturated carbocycles. The summed E-state index contributed by atoms with van der Waals surface area (Å²) in [5.41, 5.74) is 0. The summed E-state index contributed by atoms with van der Waals surface area (Å²) in [6.07, 6.45) is 3.64. The molecule has 1 aromatic heterocycles. The van der Waals surface area contributed by atoms with Crippen LogP contribution in [-0.4, -0.2) is 52.6 Å². The molecule has 1 heterocycles. The zero-order valence-electron chi connectivity index (χ0n) is 10.3. The largest absolute Gasteiger partial charge is 0.395 e. The predicted molar refractivity (Wildman–Crippen MR) is 64.5 cm³/mol. The summed E-state index contributed by atoms with van der Waals surface area (Å²) in [6, 6.07) is 1.71. The Labute approximate surface area is 101 Å². The quantitative estimate of drug-likeness (QED) is 0.743. The first-order valence-electron chi connectivity index (χ1n) is 5.70. The third-order valence-corrected chi connectivity index (χ3v) is 2.44. The van der Waals surface area contributed by atoms with Crippen molar-refractivity contribution in [2.45, 2.75) is 13.5 Å². The standard InChI is InChI=1S/C11H20N4O2/c1-10(9-15-5-3-4-13-15)8-12-11(17)14(2)6-7-16/h3-5,10,16H,6-9H2,1-2H3,(H,12,17). The molecule has 6 nitrogen and oxygen atoms in total. The fourth-order valence-electron chi connectivity index (χ4n) is 1.44. The van der Waals surface area contributed by atoms with Gasteiger partial charge in [-0.25, -0.2) is 4.79 Å². The summed E-state index contributed by atoms with van der Waals surface area (Å²) in [7, 11) is 1.66. The first kappa shape index (κ1) is 13.5. The van der Waals surface area contributed by atoms with E-state index in [2.05, 4.69) is 10.4 Å². The molecule has 2 amide bonds. The van der Waals surface area contributed by atoms with E-state index in [9.17, 15) is 4.79 Å². The molecule has 96 valence electrons. The average Bonchev–Trinajstić information content (AvgIpc) is 2.79. The third-order valence-electron chi connectivity index (χ3n) is 2.44. The first-order valence-corrected chi connectivity index (χ1v) is 5.70. The predicted octanol–water partition coefficient (Wildman–Crippen LogP) is 0.153. The maximum atomic E-state index is 11.5. The topological polar surface area (TPSA) is 70.4 Å². The molecule has 2 N–H and O–H groups in total. The highest BCUT2D eigenvalue weighted by Gasteiger charge is 2.09. The van der Waals surface area contributed by atoms with Gasteiger partial charge < -0.3 is 15.3 Å². The SMILES string of the molecule is CC(CNC(=O)N(C)CCO)Cn1cccn1. The van der Waals surface area contributed by atoms with Gasteiger partial charge in [0.05, 0.1) is 6.61 Å². The molecule has 1 unspecified atom stereocenters. The van der Waals surface area contributed by atoms with E-state index in [1.54, 1.807) is 13.2 Å². The maximum absolute atomic E-state index is 11.5. The lowest BCUT2D eigenvalue weighted by Crippen LogP contribution is -2.41. The van der Waals surface area contributed by atoms with Crippen LogP contribution in [0.25, 0.3) is 0 Å². The van der Waals surface area contributed by atoms with Crippen LogP contribution in [0.15, 0.2) is 18.5 Å². The zero-order valence-corrected chi connectivity index (χ0v) is 10.3. The number of nitrogens with one attached hydrogen (secondary N) is 1. The van der Waals surface area contributed by atoms with Crippen molar-refractivity contribution in [2.24, 2.45) is 5.92 Å². The van der Waals surface area contributed by atoms with Crippen LogP contribution in [0.1, 0.15) is 6.92 Å². The fourth-order valence-corrected chi connectivity index (χ4v) is 1.44. The van der Waals surface area contributed by atoms with Crippen molar-refractivity contribution in [3.05, 3.63) is 18.5 Å². The highest BCUT2D eigenvalue weighted by molar-refractivity contribution is 5.73. The van der Waals surface area contributed by atoms with Gasteiger partial charge in [-0.2, -0.15) is 5.10 Å². The van der Waals surface area contributed by atoms with E-state index in [0.717, 1.165) is 6.54 Å². The van der Waals surface area contributed by atoms with Crippen molar-refractivity contribution >= 4 is 6.03 Å². The molecule has 0 spiro atoms. The summed E-state index contributed by atoms with van der Waals surface area (Å²) < 4.78 is 1.84. The molecule has 0 aromatic carbocycles.